The highest BCUT2D eigenvalue weighted by atomic mass is 32.2. The summed E-state index contributed by atoms with van der Waals surface area (Å²) < 4.78 is 12.2. The van der Waals surface area contributed by atoms with E-state index in [1.165, 1.54) is 19.1 Å². The number of aliphatic carboxylic acids is 1. The zero-order valence-corrected chi connectivity index (χ0v) is 15.5. The predicted octanol–water partition coefficient (Wildman–Crippen LogP) is 2.03. The minimum absolute atomic E-state index is 0.0218. The number of carboxylic acids is 1. The van der Waals surface area contributed by atoms with Gasteiger partial charge in [-0.15, -0.1) is 0 Å². The molecule has 3 N–H and O–H groups in total. The Kier molecular flexibility index (Phi) is 7.25. The van der Waals surface area contributed by atoms with Crippen LogP contribution in [0.4, 0.5) is 5.69 Å². The van der Waals surface area contributed by atoms with Crippen LogP contribution in [-0.4, -0.2) is 38.9 Å². The van der Waals surface area contributed by atoms with Crippen molar-refractivity contribution in [1.29, 1.82) is 0 Å². The van der Waals surface area contributed by atoms with E-state index in [9.17, 15) is 23.7 Å². The number of nitrogens with one attached hydrogen (secondary N) is 2. The van der Waals surface area contributed by atoms with E-state index < -0.39 is 28.7 Å². The van der Waals surface area contributed by atoms with Crippen LogP contribution in [0.15, 0.2) is 59.5 Å². The van der Waals surface area contributed by atoms with Crippen LogP contribution in [0.2, 0.25) is 0 Å². The molecule has 7 nitrogen and oxygen atoms in total. The maximum atomic E-state index is 12.3. The lowest BCUT2D eigenvalue weighted by Crippen LogP contribution is -2.41. The molecule has 0 bridgehead atoms. The van der Waals surface area contributed by atoms with Crippen LogP contribution < -0.4 is 10.6 Å². The number of hydrogen-bond acceptors (Lipinski definition) is 4. The Morgan fingerprint density at radius 2 is 1.78 bits per heavy atom. The second kappa shape index (κ2) is 9.63. The molecule has 142 valence electrons. The second-order valence-electron chi connectivity index (χ2n) is 5.78. The molecule has 2 amide bonds. The molecule has 0 fully saturated rings. The summed E-state index contributed by atoms with van der Waals surface area (Å²) in [6.07, 6.45) is 0.0218. The van der Waals surface area contributed by atoms with Crippen molar-refractivity contribution < 1.29 is 23.7 Å². The molecule has 0 aromatic heterocycles. The number of anilines is 1. The van der Waals surface area contributed by atoms with Gasteiger partial charge in [0.15, 0.2) is 0 Å². The number of carbonyl (C=O) groups is 3. The van der Waals surface area contributed by atoms with Gasteiger partial charge >= 0.3 is 5.97 Å². The monoisotopic (exact) mass is 388 g/mol. The largest absolute Gasteiger partial charge is 0.480 e. The van der Waals surface area contributed by atoms with Crippen molar-refractivity contribution in [3.8, 4) is 0 Å². The zero-order valence-electron chi connectivity index (χ0n) is 14.7. The topological polar surface area (TPSA) is 113 Å². The lowest BCUT2D eigenvalue weighted by molar-refractivity contribution is -0.139. The minimum atomic E-state index is -1.35. The highest BCUT2D eigenvalue weighted by Gasteiger charge is 2.22. The summed E-state index contributed by atoms with van der Waals surface area (Å²) in [4.78, 5) is 35.5. The van der Waals surface area contributed by atoms with Crippen molar-refractivity contribution in [2.75, 3.05) is 11.1 Å². The van der Waals surface area contributed by atoms with E-state index in [0.29, 0.717) is 10.6 Å². The van der Waals surface area contributed by atoms with E-state index in [4.69, 9.17) is 0 Å². The Bertz CT molecular complexity index is 854. The van der Waals surface area contributed by atoms with Gasteiger partial charge in [0.2, 0.25) is 5.91 Å². The molecular weight excluding hydrogens is 368 g/mol. The van der Waals surface area contributed by atoms with Crippen molar-refractivity contribution in [1.82, 2.24) is 5.32 Å². The minimum Gasteiger partial charge on any atom is -0.480 e. The van der Waals surface area contributed by atoms with Gasteiger partial charge in [0, 0.05) is 28.8 Å². The molecule has 0 saturated carbocycles. The van der Waals surface area contributed by atoms with E-state index in [1.807, 2.05) is 0 Å². The van der Waals surface area contributed by atoms with E-state index in [-0.39, 0.29) is 23.6 Å². The SMILES string of the molecule is CC(=O)Nc1cccc(C(=O)N[C@H](CC[S@](=O)c2ccccc2)C(=O)O)c1. The first-order chi connectivity index (χ1) is 12.9. The number of carboxylic acid groups (broad SMARTS) is 1. The first kappa shape index (κ1) is 20.3. The molecule has 0 aliphatic rings. The van der Waals surface area contributed by atoms with Gasteiger partial charge in [-0.3, -0.25) is 13.8 Å². The fraction of sp³-hybridized carbons (Fsp3) is 0.211. The number of hydrogen-bond donors (Lipinski definition) is 3. The van der Waals surface area contributed by atoms with Crippen molar-refractivity contribution in [3.63, 3.8) is 0 Å². The third-order valence-corrected chi connectivity index (χ3v) is 5.05. The van der Waals surface area contributed by atoms with Crippen LogP contribution in [0.25, 0.3) is 0 Å². The molecular formula is C19H20N2O5S. The molecule has 0 saturated heterocycles. The summed E-state index contributed by atoms with van der Waals surface area (Å²) in [6.45, 7) is 1.35. The molecule has 0 heterocycles. The van der Waals surface area contributed by atoms with E-state index in [2.05, 4.69) is 10.6 Å². The summed E-state index contributed by atoms with van der Waals surface area (Å²) >= 11 is 0. The van der Waals surface area contributed by atoms with Crippen molar-refractivity contribution in [3.05, 3.63) is 60.2 Å². The lowest BCUT2D eigenvalue weighted by Gasteiger charge is -2.15. The Balaban J connectivity index is 2.01. The van der Waals surface area contributed by atoms with Crippen LogP contribution in [0.5, 0.6) is 0 Å². The molecule has 27 heavy (non-hydrogen) atoms. The standard InChI is InChI=1S/C19H20N2O5S/c1-13(22)20-15-7-5-6-14(12-15)18(23)21-17(19(24)25)10-11-27(26)16-8-3-2-4-9-16/h2-9,12,17H,10-11H2,1H3,(H,20,22)(H,21,23)(H,24,25)/t17-,27+/m1/s1. The molecule has 0 spiro atoms. The van der Waals surface area contributed by atoms with Crippen molar-refractivity contribution in [2.24, 2.45) is 0 Å². The molecule has 0 unspecified atom stereocenters. The smallest absolute Gasteiger partial charge is 0.326 e. The molecule has 2 aromatic carbocycles. The van der Waals surface area contributed by atoms with Gasteiger partial charge in [-0.2, -0.15) is 0 Å². The Morgan fingerprint density at radius 3 is 2.41 bits per heavy atom. The summed E-state index contributed by atoms with van der Waals surface area (Å²) in [5.41, 5.74) is 0.656. The summed E-state index contributed by atoms with van der Waals surface area (Å²) in [5, 5.41) is 14.3. The van der Waals surface area contributed by atoms with Gasteiger partial charge in [-0.05, 0) is 36.8 Å². The molecule has 8 heteroatoms. The Hall–Kier alpha value is -3.00. The average Bonchev–Trinajstić information content (AvgIpc) is 2.64. The van der Waals surface area contributed by atoms with Crippen LogP contribution >= 0.6 is 0 Å². The first-order valence-corrected chi connectivity index (χ1v) is 9.53. The zero-order chi connectivity index (χ0) is 19.8. The van der Waals surface area contributed by atoms with Crippen LogP contribution in [-0.2, 0) is 20.4 Å². The third-order valence-electron chi connectivity index (χ3n) is 3.65. The molecule has 0 aliphatic carbocycles. The number of carbonyl (C=O) groups excluding carboxylic acids is 2. The maximum absolute atomic E-state index is 12.3. The summed E-state index contributed by atoms with van der Waals surface area (Å²) in [6, 6.07) is 13.7. The molecule has 2 atom stereocenters. The quantitative estimate of drug-likeness (QED) is 0.640. The van der Waals surface area contributed by atoms with E-state index in [1.54, 1.807) is 42.5 Å². The van der Waals surface area contributed by atoms with Gasteiger partial charge in [0.1, 0.15) is 6.04 Å². The van der Waals surface area contributed by atoms with Gasteiger partial charge in [0.05, 0.1) is 10.8 Å². The van der Waals surface area contributed by atoms with Crippen molar-refractivity contribution in [2.45, 2.75) is 24.3 Å². The van der Waals surface area contributed by atoms with Gasteiger partial charge in [-0.1, -0.05) is 24.3 Å². The van der Waals surface area contributed by atoms with Crippen LogP contribution in [0.1, 0.15) is 23.7 Å². The molecule has 0 radical (unpaired) electrons. The molecule has 0 aliphatic heterocycles. The second-order valence-corrected chi connectivity index (χ2v) is 7.35. The number of amides is 2. The Labute approximate surface area is 159 Å². The molecule has 2 aromatic rings. The summed E-state index contributed by atoms with van der Waals surface area (Å²) in [5.74, 6) is -1.96. The van der Waals surface area contributed by atoms with Gasteiger partial charge in [-0.25, -0.2) is 4.79 Å². The van der Waals surface area contributed by atoms with Gasteiger partial charge in [0.25, 0.3) is 5.91 Å². The lowest BCUT2D eigenvalue weighted by atomic mass is 10.1. The van der Waals surface area contributed by atoms with E-state index >= 15 is 0 Å². The fourth-order valence-electron chi connectivity index (χ4n) is 2.36. The Morgan fingerprint density at radius 1 is 1.07 bits per heavy atom. The average molecular weight is 388 g/mol. The third kappa shape index (κ3) is 6.34. The fourth-order valence-corrected chi connectivity index (χ4v) is 3.50. The number of benzene rings is 2. The van der Waals surface area contributed by atoms with Crippen LogP contribution in [0.3, 0.4) is 0 Å². The highest BCUT2D eigenvalue weighted by Crippen LogP contribution is 2.12. The highest BCUT2D eigenvalue weighted by molar-refractivity contribution is 7.85. The first-order valence-electron chi connectivity index (χ1n) is 8.21. The summed E-state index contributed by atoms with van der Waals surface area (Å²) in [7, 11) is -1.35. The van der Waals surface area contributed by atoms with Crippen molar-refractivity contribution >= 4 is 34.3 Å². The number of rotatable bonds is 8. The molecule has 2 rings (SSSR count). The van der Waals surface area contributed by atoms with E-state index in [0.717, 1.165) is 0 Å². The van der Waals surface area contributed by atoms with Gasteiger partial charge < -0.3 is 15.7 Å². The van der Waals surface area contributed by atoms with Crippen LogP contribution in [0, 0.1) is 0 Å². The normalized spacial score (nSPS) is 12.6. The maximum Gasteiger partial charge on any atom is 0.326 e. The predicted molar refractivity (Wildman–Crippen MR) is 102 cm³/mol.